The van der Waals surface area contributed by atoms with Crippen molar-refractivity contribution in [3.05, 3.63) is 0 Å². The third-order valence-corrected chi connectivity index (χ3v) is 1.07. The highest BCUT2D eigenvalue weighted by molar-refractivity contribution is 4.55. The zero-order valence-corrected chi connectivity index (χ0v) is 6.21. The second-order valence-corrected chi connectivity index (χ2v) is 2.03. The molecule has 0 heterocycles. The van der Waals surface area contributed by atoms with Crippen molar-refractivity contribution in [2.45, 2.75) is 6.10 Å². The zero-order valence-electron chi connectivity index (χ0n) is 6.21. The van der Waals surface area contributed by atoms with Crippen LogP contribution in [0.4, 0.5) is 0 Å². The number of aliphatic hydroxyl groups is 2. The number of methoxy groups -OCH3 is 1. The van der Waals surface area contributed by atoms with Gasteiger partial charge in [0.15, 0.2) is 0 Å². The molecule has 4 heteroatoms. The summed E-state index contributed by atoms with van der Waals surface area (Å²) in [6, 6.07) is 0. The minimum absolute atomic E-state index is 0.194. The van der Waals surface area contributed by atoms with Crippen molar-refractivity contribution in [2.75, 3.05) is 33.4 Å². The van der Waals surface area contributed by atoms with E-state index in [1.165, 1.54) is 0 Å². The van der Waals surface area contributed by atoms with Crippen LogP contribution >= 0.6 is 0 Å². The van der Waals surface area contributed by atoms with Gasteiger partial charge in [0.2, 0.25) is 0 Å². The standard InChI is InChI=1S/C6H15NO3/c1-10-3-2-7-4-6(9)5-8/h6-9H,2-5H2,1H3/t6-/m0/s1. The van der Waals surface area contributed by atoms with Gasteiger partial charge in [0.05, 0.1) is 19.3 Å². The van der Waals surface area contributed by atoms with Crippen LogP contribution < -0.4 is 5.32 Å². The summed E-state index contributed by atoms with van der Waals surface area (Å²) in [6.45, 7) is 1.55. The summed E-state index contributed by atoms with van der Waals surface area (Å²) in [5.74, 6) is 0. The van der Waals surface area contributed by atoms with Crippen LogP contribution in [0.2, 0.25) is 0 Å². The highest BCUT2D eigenvalue weighted by atomic mass is 16.5. The molecule has 0 saturated carbocycles. The van der Waals surface area contributed by atoms with Crippen LogP contribution in [0.25, 0.3) is 0 Å². The molecule has 0 unspecified atom stereocenters. The van der Waals surface area contributed by atoms with Crippen molar-refractivity contribution in [3.63, 3.8) is 0 Å². The molecule has 0 amide bonds. The van der Waals surface area contributed by atoms with Crippen molar-refractivity contribution >= 4 is 0 Å². The van der Waals surface area contributed by atoms with Gasteiger partial charge in [-0.2, -0.15) is 0 Å². The topological polar surface area (TPSA) is 61.7 Å². The van der Waals surface area contributed by atoms with Gasteiger partial charge in [0.1, 0.15) is 0 Å². The van der Waals surface area contributed by atoms with Crippen LogP contribution in [-0.4, -0.2) is 49.7 Å². The molecule has 1 atom stereocenters. The molecule has 0 aliphatic heterocycles. The summed E-state index contributed by atoms with van der Waals surface area (Å²) >= 11 is 0. The Kier molecular flexibility index (Phi) is 6.84. The summed E-state index contributed by atoms with van der Waals surface area (Å²) in [5.41, 5.74) is 0. The minimum Gasteiger partial charge on any atom is -0.394 e. The van der Waals surface area contributed by atoms with E-state index >= 15 is 0 Å². The molecular weight excluding hydrogens is 134 g/mol. The molecule has 0 rings (SSSR count). The van der Waals surface area contributed by atoms with Crippen molar-refractivity contribution in [1.82, 2.24) is 5.32 Å². The second kappa shape index (κ2) is 6.95. The first-order valence-corrected chi connectivity index (χ1v) is 3.29. The monoisotopic (exact) mass is 149 g/mol. The van der Waals surface area contributed by atoms with Crippen LogP contribution in [0.1, 0.15) is 0 Å². The van der Waals surface area contributed by atoms with E-state index in [-0.39, 0.29) is 6.61 Å². The first-order valence-electron chi connectivity index (χ1n) is 3.29. The maximum absolute atomic E-state index is 8.80. The molecule has 0 fully saturated rings. The summed E-state index contributed by atoms with van der Waals surface area (Å²) < 4.78 is 4.75. The minimum atomic E-state index is -0.656. The lowest BCUT2D eigenvalue weighted by Crippen LogP contribution is -2.31. The van der Waals surface area contributed by atoms with E-state index < -0.39 is 6.10 Å². The van der Waals surface area contributed by atoms with E-state index in [1.54, 1.807) is 7.11 Å². The Morgan fingerprint density at radius 2 is 2.30 bits per heavy atom. The quantitative estimate of drug-likeness (QED) is 0.405. The predicted molar refractivity (Wildman–Crippen MR) is 37.8 cm³/mol. The summed E-state index contributed by atoms with van der Waals surface area (Å²) in [5, 5.41) is 20.1. The lowest BCUT2D eigenvalue weighted by molar-refractivity contribution is 0.0921. The molecule has 3 N–H and O–H groups in total. The van der Waals surface area contributed by atoms with Gasteiger partial charge in [0.25, 0.3) is 0 Å². The summed E-state index contributed by atoms with van der Waals surface area (Å²) in [7, 11) is 1.62. The van der Waals surface area contributed by atoms with Crippen LogP contribution in [-0.2, 0) is 4.74 Å². The number of ether oxygens (including phenoxy) is 1. The third-order valence-electron chi connectivity index (χ3n) is 1.07. The van der Waals surface area contributed by atoms with Crippen molar-refractivity contribution in [1.29, 1.82) is 0 Å². The summed E-state index contributed by atoms with van der Waals surface area (Å²) in [4.78, 5) is 0. The predicted octanol–water partition coefficient (Wildman–Crippen LogP) is -1.42. The fraction of sp³-hybridized carbons (Fsp3) is 1.00. The third kappa shape index (κ3) is 5.97. The lowest BCUT2D eigenvalue weighted by atomic mass is 10.4. The highest BCUT2D eigenvalue weighted by Gasteiger charge is 1.98. The average Bonchev–Trinajstić information content (AvgIpc) is 1.98. The Morgan fingerprint density at radius 1 is 1.60 bits per heavy atom. The van der Waals surface area contributed by atoms with Gasteiger partial charge in [-0.15, -0.1) is 0 Å². The molecule has 0 aromatic heterocycles. The van der Waals surface area contributed by atoms with Crippen LogP contribution in [0.3, 0.4) is 0 Å². The van der Waals surface area contributed by atoms with Gasteiger partial charge in [-0.25, -0.2) is 0 Å². The molecule has 0 radical (unpaired) electrons. The Bertz CT molecular complexity index is 70.0. The second-order valence-electron chi connectivity index (χ2n) is 2.03. The van der Waals surface area contributed by atoms with Crippen molar-refractivity contribution in [3.8, 4) is 0 Å². The zero-order chi connectivity index (χ0) is 7.82. The van der Waals surface area contributed by atoms with E-state index in [9.17, 15) is 0 Å². The maximum Gasteiger partial charge on any atom is 0.0894 e. The molecular formula is C6H15NO3. The molecule has 0 aromatic carbocycles. The molecule has 0 bridgehead atoms. The maximum atomic E-state index is 8.80. The lowest BCUT2D eigenvalue weighted by Gasteiger charge is -2.07. The van der Waals surface area contributed by atoms with E-state index in [1.807, 2.05) is 0 Å². The van der Waals surface area contributed by atoms with Gasteiger partial charge in [-0.05, 0) is 0 Å². The van der Waals surface area contributed by atoms with Gasteiger partial charge < -0.3 is 20.3 Å². The highest BCUT2D eigenvalue weighted by Crippen LogP contribution is 1.75. The van der Waals surface area contributed by atoms with Gasteiger partial charge in [0, 0.05) is 20.2 Å². The number of hydrogen-bond donors (Lipinski definition) is 3. The van der Waals surface area contributed by atoms with E-state index in [0.717, 1.165) is 0 Å². The molecule has 0 spiro atoms. The molecule has 0 saturated heterocycles. The molecule has 4 nitrogen and oxygen atoms in total. The Balaban J connectivity index is 2.89. The number of nitrogens with one attached hydrogen (secondary N) is 1. The molecule has 0 aromatic rings. The fourth-order valence-electron chi connectivity index (χ4n) is 0.507. The Morgan fingerprint density at radius 3 is 2.80 bits per heavy atom. The molecule has 0 aliphatic carbocycles. The summed E-state index contributed by atoms with van der Waals surface area (Å²) in [6.07, 6.45) is -0.656. The van der Waals surface area contributed by atoms with Gasteiger partial charge in [-0.1, -0.05) is 0 Å². The van der Waals surface area contributed by atoms with E-state index in [2.05, 4.69) is 5.32 Å². The Hall–Kier alpha value is -0.160. The number of hydrogen-bond acceptors (Lipinski definition) is 4. The van der Waals surface area contributed by atoms with E-state index in [0.29, 0.717) is 19.7 Å². The smallest absolute Gasteiger partial charge is 0.0894 e. The van der Waals surface area contributed by atoms with Crippen LogP contribution in [0.5, 0.6) is 0 Å². The largest absolute Gasteiger partial charge is 0.394 e. The van der Waals surface area contributed by atoms with E-state index in [4.69, 9.17) is 14.9 Å². The molecule has 0 aliphatic rings. The average molecular weight is 149 g/mol. The first-order chi connectivity index (χ1) is 4.81. The first kappa shape index (κ1) is 9.84. The number of aliphatic hydroxyl groups excluding tert-OH is 2. The van der Waals surface area contributed by atoms with Crippen molar-refractivity contribution in [2.24, 2.45) is 0 Å². The number of rotatable bonds is 6. The molecule has 62 valence electrons. The SMILES string of the molecule is COCCNC[C@H](O)CO. The fourth-order valence-corrected chi connectivity index (χ4v) is 0.507. The molecule has 10 heavy (non-hydrogen) atoms. The van der Waals surface area contributed by atoms with Gasteiger partial charge >= 0.3 is 0 Å². The Labute approximate surface area is 60.8 Å². The van der Waals surface area contributed by atoms with Crippen LogP contribution in [0.15, 0.2) is 0 Å². The normalized spacial score (nSPS) is 13.5. The van der Waals surface area contributed by atoms with Crippen LogP contribution in [0, 0.1) is 0 Å². The van der Waals surface area contributed by atoms with Crippen molar-refractivity contribution < 1.29 is 14.9 Å². The van der Waals surface area contributed by atoms with Gasteiger partial charge in [-0.3, -0.25) is 0 Å².